The van der Waals surface area contributed by atoms with E-state index in [0.717, 1.165) is 6.33 Å². The second kappa shape index (κ2) is 12.8. The van der Waals surface area contributed by atoms with Crippen molar-refractivity contribution in [3.63, 3.8) is 0 Å². The van der Waals surface area contributed by atoms with Crippen LogP contribution in [0.5, 0.6) is 0 Å². The van der Waals surface area contributed by atoms with Gasteiger partial charge in [-0.05, 0) is 0 Å². The summed E-state index contributed by atoms with van der Waals surface area (Å²) in [5.41, 5.74) is 5.90. The molecule has 2 aliphatic rings. The monoisotopic (exact) mass is 671 g/mol. The van der Waals surface area contributed by atoms with Crippen molar-refractivity contribution in [1.29, 1.82) is 0 Å². The van der Waals surface area contributed by atoms with Crippen LogP contribution < -0.4 is 11.3 Å². The summed E-state index contributed by atoms with van der Waals surface area (Å²) >= 11 is 0. The van der Waals surface area contributed by atoms with Gasteiger partial charge >= 0.3 is 7.82 Å². The Labute approximate surface area is 252 Å². The molecule has 45 heavy (non-hydrogen) atoms. The molecule has 7 N–H and O–H groups in total. The number of aliphatic hydroxyl groups is 2. The maximum Gasteiger partial charge on any atom is 0.472 e. The van der Waals surface area contributed by atoms with Crippen LogP contribution in [-0.2, 0) is 32.4 Å². The number of nitrogen functional groups attached to an aromatic ring is 1. The highest BCUT2D eigenvalue weighted by atomic mass is 31.2. The minimum absolute atomic E-state index is 0.00363. The van der Waals surface area contributed by atoms with E-state index in [0.29, 0.717) is 6.29 Å². The smallest absolute Gasteiger partial charge is 0.390 e. The van der Waals surface area contributed by atoms with Gasteiger partial charge in [-0.2, -0.15) is 0 Å². The van der Waals surface area contributed by atoms with Crippen molar-refractivity contribution in [2.75, 3.05) is 18.9 Å². The molecular weight excluding hydrogens is 644 g/mol. The van der Waals surface area contributed by atoms with Crippen LogP contribution in [0.4, 0.5) is 5.82 Å². The second-order valence-corrected chi connectivity index (χ2v) is 11.9. The molecule has 0 bridgehead atoms. The van der Waals surface area contributed by atoms with E-state index in [1.54, 1.807) is 0 Å². The molecule has 2 unspecified atom stereocenters. The van der Waals surface area contributed by atoms with Gasteiger partial charge in [-0.15, -0.1) is 0 Å². The third-order valence-corrected chi connectivity index (χ3v) is 8.73. The quantitative estimate of drug-likeness (QED) is 0.0721. The van der Waals surface area contributed by atoms with Gasteiger partial charge in [0.25, 0.3) is 5.56 Å². The van der Waals surface area contributed by atoms with Crippen LogP contribution >= 0.6 is 16.9 Å². The maximum absolute atomic E-state index is 13.1. The summed E-state index contributed by atoms with van der Waals surface area (Å²) in [6, 6.07) is 0. The van der Waals surface area contributed by atoms with Crippen LogP contribution in [-0.4, -0.2) is 109 Å². The lowest BCUT2D eigenvalue weighted by atomic mass is 9.97. The Kier molecular flexibility index (Phi) is 9.01. The number of carbonyl (C=O) groups is 1. The minimum Gasteiger partial charge on any atom is -0.390 e. The van der Waals surface area contributed by atoms with Crippen molar-refractivity contribution in [2.45, 2.75) is 49.4 Å². The Hall–Kier alpha value is -3.33. The van der Waals surface area contributed by atoms with Crippen LogP contribution in [0.3, 0.4) is 0 Å². The summed E-state index contributed by atoms with van der Waals surface area (Å²) in [5.74, 6) is -0.781. The number of phosphoric ester groups is 1. The first-order valence-electron chi connectivity index (χ1n) is 13.2. The summed E-state index contributed by atoms with van der Waals surface area (Å²) in [4.78, 5) is 65.9. The van der Waals surface area contributed by atoms with Crippen molar-refractivity contribution in [2.24, 2.45) is 5.92 Å². The number of hydrogen-bond acceptors (Lipinski definition) is 17. The standard InChI is InChI=1S/C22H27N9O12P2/c23-17-12-18(25-5-24-17)31(7-28-12)22-15(34)16(11(42-22)3-39-44-36)43-45(37,38)40-4-10-14(33)9(1-2-32)21(41-10)30-8-29-13-19(30)26-6-27-20(13)35/h2,5-11,14-16,21-22,33-34,36,44H,1,3-4H2,(H,37,38)(H2,23,24,25)(H,26,27,35)/t9-,10-,11-,14+,15-,16-,21-,22-/m1/s1. The van der Waals surface area contributed by atoms with E-state index in [-0.39, 0.29) is 41.2 Å². The molecule has 242 valence electrons. The van der Waals surface area contributed by atoms with Gasteiger partial charge in [-0.3, -0.25) is 23.0 Å². The SMILES string of the molecule is Nc1ncnc2c1ncn2[C@@H]1O[C@H](COPO)[C@@H](OP(=O)(O)OC[C@H]2O[C@@H](n3cnc4c(=O)[nH]cnc43)[C@H](CC=O)[C@@H]2O)[C@H]1O. The highest BCUT2D eigenvalue weighted by Gasteiger charge is 2.50. The Morgan fingerprint density at radius 3 is 2.49 bits per heavy atom. The van der Waals surface area contributed by atoms with Gasteiger partial charge in [-0.1, -0.05) is 0 Å². The van der Waals surface area contributed by atoms with Crippen molar-refractivity contribution in [1.82, 2.24) is 39.0 Å². The van der Waals surface area contributed by atoms with Gasteiger partial charge in [-0.25, -0.2) is 29.5 Å². The second-order valence-electron chi connectivity index (χ2n) is 10.1. The van der Waals surface area contributed by atoms with Gasteiger partial charge in [0.15, 0.2) is 37.9 Å². The van der Waals surface area contributed by atoms with E-state index in [1.165, 1.54) is 28.1 Å². The molecule has 0 aromatic carbocycles. The fourth-order valence-corrected chi connectivity index (χ4v) is 6.58. The Bertz CT molecular complexity index is 1790. The molecule has 10 atom stereocenters. The average Bonchev–Trinajstić information content (AvgIpc) is 3.77. The number of aliphatic hydroxyl groups excluding tert-OH is 2. The van der Waals surface area contributed by atoms with Crippen molar-refractivity contribution >= 4 is 51.3 Å². The highest BCUT2D eigenvalue weighted by molar-refractivity contribution is 7.47. The maximum atomic E-state index is 13.1. The number of nitrogens with zero attached hydrogens (tertiary/aromatic N) is 7. The molecule has 6 heterocycles. The molecular formula is C22H27N9O12P2. The van der Waals surface area contributed by atoms with E-state index in [9.17, 15) is 34.2 Å². The zero-order valence-corrected chi connectivity index (χ0v) is 24.7. The number of nitrogens with one attached hydrogen (secondary N) is 1. The van der Waals surface area contributed by atoms with Crippen LogP contribution in [0.25, 0.3) is 22.3 Å². The zero-order valence-electron chi connectivity index (χ0n) is 22.8. The van der Waals surface area contributed by atoms with Crippen LogP contribution in [0.1, 0.15) is 18.9 Å². The number of phosphoric acid groups is 1. The highest BCUT2D eigenvalue weighted by Crippen LogP contribution is 2.50. The average molecular weight is 671 g/mol. The third kappa shape index (κ3) is 6.00. The molecule has 0 radical (unpaired) electrons. The Balaban J connectivity index is 1.18. The third-order valence-electron chi connectivity index (χ3n) is 7.45. The minimum atomic E-state index is -5.01. The number of carbonyl (C=O) groups excluding carboxylic acids is 1. The van der Waals surface area contributed by atoms with Crippen LogP contribution in [0.2, 0.25) is 0 Å². The first-order chi connectivity index (χ1) is 21.6. The summed E-state index contributed by atoms with van der Waals surface area (Å²) < 4.78 is 43.1. The number of imidazole rings is 2. The number of H-pyrrole nitrogens is 1. The molecule has 0 saturated carbocycles. The van der Waals surface area contributed by atoms with E-state index >= 15 is 0 Å². The summed E-state index contributed by atoms with van der Waals surface area (Å²) in [7, 11) is -5.97. The number of aldehydes is 1. The molecule has 0 aliphatic carbocycles. The molecule has 2 aliphatic heterocycles. The molecule has 0 amide bonds. The summed E-state index contributed by atoms with van der Waals surface area (Å²) in [5, 5.41) is 22.1. The first-order valence-corrected chi connectivity index (χ1v) is 15.6. The number of rotatable bonds is 12. The first kappa shape index (κ1) is 31.6. The predicted octanol–water partition coefficient (Wildman–Crippen LogP) is -1.72. The molecule has 0 spiro atoms. The van der Waals surface area contributed by atoms with Gasteiger partial charge < -0.3 is 49.5 Å². The predicted molar refractivity (Wildman–Crippen MR) is 149 cm³/mol. The fraction of sp³-hybridized carbons (Fsp3) is 0.500. The van der Waals surface area contributed by atoms with E-state index in [2.05, 4.69) is 29.9 Å². The van der Waals surface area contributed by atoms with Gasteiger partial charge in [0.2, 0.25) is 0 Å². The Morgan fingerprint density at radius 1 is 1.02 bits per heavy atom. The molecule has 4 aromatic rings. The lowest BCUT2D eigenvalue weighted by molar-refractivity contribution is -0.110. The van der Waals surface area contributed by atoms with E-state index in [1.807, 2.05) is 0 Å². The van der Waals surface area contributed by atoms with Gasteiger partial charge in [0.1, 0.15) is 48.8 Å². The normalized spacial score (nSPS) is 30.1. The molecule has 2 fully saturated rings. The number of aromatic amines is 1. The number of anilines is 1. The van der Waals surface area contributed by atoms with Crippen molar-refractivity contribution in [3.05, 3.63) is 35.7 Å². The van der Waals surface area contributed by atoms with E-state index in [4.69, 9.17) is 28.8 Å². The number of fused-ring (bicyclic) bond motifs is 2. The Morgan fingerprint density at radius 2 is 1.73 bits per heavy atom. The van der Waals surface area contributed by atoms with Gasteiger partial charge in [0.05, 0.1) is 38.3 Å². The van der Waals surface area contributed by atoms with Crippen molar-refractivity contribution in [3.8, 4) is 0 Å². The van der Waals surface area contributed by atoms with Crippen LogP contribution in [0.15, 0.2) is 30.1 Å². The largest absolute Gasteiger partial charge is 0.472 e. The number of aromatic nitrogens is 8. The number of hydrogen-bond donors (Lipinski definition) is 6. The molecule has 23 heteroatoms. The summed E-state index contributed by atoms with van der Waals surface area (Å²) in [6.07, 6.45) is -3.87. The zero-order chi connectivity index (χ0) is 31.9. The molecule has 2 saturated heterocycles. The lowest BCUT2D eigenvalue weighted by Gasteiger charge is -2.24. The fourth-order valence-electron chi connectivity index (χ4n) is 5.37. The topological polar surface area (TPSA) is 294 Å². The molecule has 6 rings (SSSR count). The van der Waals surface area contributed by atoms with Crippen molar-refractivity contribution < 1.29 is 52.4 Å². The molecule has 21 nitrogen and oxygen atoms in total. The number of ether oxygens (including phenoxy) is 2. The molecule has 4 aromatic heterocycles. The lowest BCUT2D eigenvalue weighted by Crippen LogP contribution is -2.36. The summed E-state index contributed by atoms with van der Waals surface area (Å²) in [6.45, 7) is -1.03. The number of nitrogens with two attached hydrogens (primary N) is 1. The van der Waals surface area contributed by atoms with E-state index < -0.39 is 77.9 Å². The van der Waals surface area contributed by atoms with Gasteiger partial charge in [0, 0.05) is 12.3 Å². The van der Waals surface area contributed by atoms with Crippen LogP contribution in [0, 0.1) is 5.92 Å².